The standard InChI is InChI=1S/C13H23NO3S/c1-2-10-3-5-11(6-4-10)18-8-7-12(13(16)17)14-9-15/h9-12H,2-8H2,1H3,(H,14,15)(H,16,17). The van der Waals surface area contributed by atoms with E-state index in [0.29, 0.717) is 18.1 Å². The maximum atomic E-state index is 10.8. The van der Waals surface area contributed by atoms with E-state index in [1.54, 1.807) is 0 Å². The number of nitrogens with one attached hydrogen (secondary N) is 1. The summed E-state index contributed by atoms with van der Waals surface area (Å²) in [5.41, 5.74) is 0. The molecule has 0 radical (unpaired) electrons. The van der Waals surface area contributed by atoms with Gasteiger partial charge in [-0.25, -0.2) is 4.79 Å². The number of hydrogen-bond acceptors (Lipinski definition) is 3. The zero-order chi connectivity index (χ0) is 13.4. The van der Waals surface area contributed by atoms with Crippen molar-refractivity contribution in [2.75, 3.05) is 5.75 Å². The molecular weight excluding hydrogens is 250 g/mol. The molecule has 2 N–H and O–H groups in total. The van der Waals surface area contributed by atoms with E-state index in [2.05, 4.69) is 12.2 Å². The van der Waals surface area contributed by atoms with Gasteiger partial charge in [0.2, 0.25) is 6.41 Å². The molecule has 0 bridgehead atoms. The molecule has 1 rings (SSSR count). The number of hydrogen-bond donors (Lipinski definition) is 2. The van der Waals surface area contributed by atoms with Crippen LogP contribution in [0.2, 0.25) is 0 Å². The lowest BCUT2D eigenvalue weighted by Crippen LogP contribution is -2.36. The third kappa shape index (κ3) is 5.29. The van der Waals surface area contributed by atoms with Crippen LogP contribution >= 0.6 is 11.8 Å². The van der Waals surface area contributed by atoms with Gasteiger partial charge in [-0.05, 0) is 43.8 Å². The van der Waals surface area contributed by atoms with Gasteiger partial charge in [-0.3, -0.25) is 4.79 Å². The molecule has 1 aliphatic carbocycles. The second kappa shape index (κ2) is 8.40. The molecule has 0 aliphatic heterocycles. The quantitative estimate of drug-likeness (QED) is 0.666. The van der Waals surface area contributed by atoms with E-state index in [1.807, 2.05) is 11.8 Å². The van der Waals surface area contributed by atoms with Crippen molar-refractivity contribution in [2.45, 2.75) is 56.7 Å². The molecule has 0 aromatic heterocycles. The largest absolute Gasteiger partial charge is 0.480 e. The molecule has 0 saturated heterocycles. The normalized spacial score (nSPS) is 25.4. The predicted molar refractivity (Wildman–Crippen MR) is 73.7 cm³/mol. The van der Waals surface area contributed by atoms with Crippen LogP contribution in [0.15, 0.2) is 0 Å². The van der Waals surface area contributed by atoms with E-state index in [0.717, 1.165) is 11.7 Å². The molecule has 1 amide bonds. The zero-order valence-corrected chi connectivity index (χ0v) is 11.7. The van der Waals surface area contributed by atoms with Crippen molar-refractivity contribution >= 4 is 24.1 Å². The summed E-state index contributed by atoms with van der Waals surface area (Å²) in [5.74, 6) is 0.752. The van der Waals surface area contributed by atoms with Gasteiger partial charge in [0.15, 0.2) is 0 Å². The van der Waals surface area contributed by atoms with Gasteiger partial charge in [0.1, 0.15) is 6.04 Å². The average Bonchev–Trinajstić information content (AvgIpc) is 2.38. The van der Waals surface area contributed by atoms with E-state index in [-0.39, 0.29) is 0 Å². The highest BCUT2D eigenvalue weighted by Gasteiger charge is 2.21. The van der Waals surface area contributed by atoms with Crippen LogP contribution in [0.1, 0.15) is 45.4 Å². The van der Waals surface area contributed by atoms with Crippen LogP contribution < -0.4 is 5.32 Å². The minimum absolute atomic E-state index is 0.468. The van der Waals surface area contributed by atoms with E-state index < -0.39 is 12.0 Å². The van der Waals surface area contributed by atoms with Gasteiger partial charge in [0.05, 0.1) is 0 Å². The van der Waals surface area contributed by atoms with Gasteiger partial charge in [-0.15, -0.1) is 0 Å². The molecule has 0 heterocycles. The fourth-order valence-electron chi connectivity index (χ4n) is 2.42. The van der Waals surface area contributed by atoms with Crippen LogP contribution in [0.25, 0.3) is 0 Å². The highest BCUT2D eigenvalue weighted by Crippen LogP contribution is 2.33. The number of carboxylic acids is 1. The fourth-order valence-corrected chi connectivity index (χ4v) is 3.73. The highest BCUT2D eigenvalue weighted by atomic mass is 32.2. The number of thioether (sulfide) groups is 1. The van der Waals surface area contributed by atoms with Crippen LogP contribution in [0.5, 0.6) is 0 Å². The Morgan fingerprint density at radius 1 is 1.44 bits per heavy atom. The Morgan fingerprint density at radius 3 is 2.61 bits per heavy atom. The third-order valence-electron chi connectivity index (χ3n) is 3.70. The lowest BCUT2D eigenvalue weighted by atomic mass is 9.87. The molecule has 0 aromatic rings. The third-order valence-corrected chi connectivity index (χ3v) is 5.11. The molecule has 5 heteroatoms. The van der Waals surface area contributed by atoms with Crippen molar-refractivity contribution in [1.82, 2.24) is 5.32 Å². The summed E-state index contributed by atoms with van der Waals surface area (Å²) in [6.07, 6.45) is 7.38. The molecule has 1 atom stereocenters. The Bertz CT molecular complexity index is 265. The summed E-state index contributed by atoms with van der Waals surface area (Å²) in [6.45, 7) is 2.25. The molecule has 1 aliphatic rings. The molecule has 1 unspecified atom stereocenters. The van der Waals surface area contributed by atoms with Crippen LogP contribution in [0.4, 0.5) is 0 Å². The lowest BCUT2D eigenvalue weighted by molar-refractivity contribution is -0.140. The Hall–Kier alpha value is -0.710. The first-order chi connectivity index (χ1) is 8.67. The number of aliphatic carboxylic acids is 1. The molecule has 1 fully saturated rings. The molecule has 18 heavy (non-hydrogen) atoms. The van der Waals surface area contributed by atoms with Crippen molar-refractivity contribution in [3.63, 3.8) is 0 Å². The molecule has 1 saturated carbocycles. The molecule has 104 valence electrons. The summed E-state index contributed by atoms with van der Waals surface area (Å²) in [4.78, 5) is 21.1. The maximum Gasteiger partial charge on any atom is 0.326 e. The van der Waals surface area contributed by atoms with Crippen LogP contribution in [0.3, 0.4) is 0 Å². The van der Waals surface area contributed by atoms with E-state index in [1.165, 1.54) is 32.1 Å². The number of rotatable bonds is 8. The SMILES string of the molecule is CCC1CCC(SCCC(NC=O)C(=O)O)CC1. The van der Waals surface area contributed by atoms with Gasteiger partial charge in [-0.2, -0.15) is 11.8 Å². The van der Waals surface area contributed by atoms with Crippen LogP contribution in [-0.2, 0) is 9.59 Å². The monoisotopic (exact) mass is 273 g/mol. The smallest absolute Gasteiger partial charge is 0.326 e. The average molecular weight is 273 g/mol. The van der Waals surface area contributed by atoms with Gasteiger partial charge in [-0.1, -0.05) is 13.3 Å². The lowest BCUT2D eigenvalue weighted by Gasteiger charge is -2.27. The molecule has 0 spiro atoms. The minimum atomic E-state index is -0.947. The Kier molecular flexibility index (Phi) is 7.16. The fraction of sp³-hybridized carbons (Fsp3) is 0.846. The van der Waals surface area contributed by atoms with E-state index in [4.69, 9.17) is 5.11 Å². The van der Waals surface area contributed by atoms with Gasteiger partial charge in [0, 0.05) is 5.25 Å². The topological polar surface area (TPSA) is 66.4 Å². The first-order valence-corrected chi connectivity index (χ1v) is 7.76. The number of carbonyl (C=O) groups excluding carboxylic acids is 1. The maximum absolute atomic E-state index is 10.8. The summed E-state index contributed by atoms with van der Waals surface area (Å²) in [5, 5.41) is 11.9. The van der Waals surface area contributed by atoms with Gasteiger partial charge >= 0.3 is 5.97 Å². The van der Waals surface area contributed by atoms with Crippen molar-refractivity contribution in [3.8, 4) is 0 Å². The Balaban J connectivity index is 2.17. The van der Waals surface area contributed by atoms with Crippen molar-refractivity contribution in [2.24, 2.45) is 5.92 Å². The van der Waals surface area contributed by atoms with Crippen molar-refractivity contribution in [1.29, 1.82) is 0 Å². The number of carboxylic acid groups (broad SMARTS) is 1. The van der Waals surface area contributed by atoms with Crippen LogP contribution in [-0.4, -0.2) is 34.5 Å². The molecular formula is C13H23NO3S. The Morgan fingerprint density at radius 2 is 2.11 bits per heavy atom. The first-order valence-electron chi connectivity index (χ1n) is 6.71. The van der Waals surface area contributed by atoms with Gasteiger partial charge in [0.25, 0.3) is 0 Å². The van der Waals surface area contributed by atoms with Crippen LogP contribution in [0, 0.1) is 5.92 Å². The van der Waals surface area contributed by atoms with E-state index in [9.17, 15) is 9.59 Å². The first kappa shape index (κ1) is 15.3. The predicted octanol–water partition coefficient (Wildman–Crippen LogP) is 2.28. The second-order valence-electron chi connectivity index (χ2n) is 4.89. The summed E-state index contributed by atoms with van der Waals surface area (Å²) >= 11 is 1.86. The number of carbonyl (C=O) groups is 2. The number of amides is 1. The molecule has 4 nitrogen and oxygen atoms in total. The Labute approximate surface area is 113 Å². The van der Waals surface area contributed by atoms with Crippen molar-refractivity contribution in [3.05, 3.63) is 0 Å². The van der Waals surface area contributed by atoms with Crippen molar-refractivity contribution < 1.29 is 14.7 Å². The van der Waals surface area contributed by atoms with E-state index >= 15 is 0 Å². The summed E-state index contributed by atoms with van der Waals surface area (Å²) in [6, 6.07) is -0.734. The summed E-state index contributed by atoms with van der Waals surface area (Å²) in [7, 11) is 0. The summed E-state index contributed by atoms with van der Waals surface area (Å²) < 4.78 is 0. The molecule has 0 aromatic carbocycles. The second-order valence-corrected chi connectivity index (χ2v) is 6.29. The highest BCUT2D eigenvalue weighted by molar-refractivity contribution is 7.99. The zero-order valence-electron chi connectivity index (χ0n) is 10.9. The van der Waals surface area contributed by atoms with Gasteiger partial charge < -0.3 is 10.4 Å². The minimum Gasteiger partial charge on any atom is -0.480 e.